The van der Waals surface area contributed by atoms with Gasteiger partial charge in [0.1, 0.15) is 5.01 Å². The SMILES string of the molecule is CN(C)c1ccc(C(=N)n2nc(-c3cccc(N(C)C)c3)sc2=N)cc1. The number of rotatable bonds is 4. The number of nitrogens with one attached hydrogen (secondary N) is 2. The first-order valence-corrected chi connectivity index (χ1v) is 8.97. The summed E-state index contributed by atoms with van der Waals surface area (Å²) in [5.74, 6) is 0.201. The quantitative estimate of drug-likeness (QED) is 0.550. The molecule has 0 aliphatic rings. The van der Waals surface area contributed by atoms with Crippen LogP contribution >= 0.6 is 11.3 Å². The summed E-state index contributed by atoms with van der Waals surface area (Å²) in [6, 6.07) is 15.7. The Labute approximate surface area is 157 Å². The van der Waals surface area contributed by atoms with Gasteiger partial charge < -0.3 is 9.80 Å². The van der Waals surface area contributed by atoms with Crippen molar-refractivity contribution in [2.75, 3.05) is 38.0 Å². The average molecular weight is 366 g/mol. The number of aromatic nitrogens is 2. The molecule has 0 aliphatic heterocycles. The third-order valence-corrected chi connectivity index (χ3v) is 4.93. The van der Waals surface area contributed by atoms with Gasteiger partial charge >= 0.3 is 0 Å². The number of hydrogen-bond acceptors (Lipinski definition) is 6. The fourth-order valence-electron chi connectivity index (χ4n) is 2.52. The highest BCUT2D eigenvalue weighted by Crippen LogP contribution is 2.24. The van der Waals surface area contributed by atoms with Gasteiger partial charge in [-0.25, -0.2) is 0 Å². The number of hydrogen-bond donors (Lipinski definition) is 2. The molecule has 0 aliphatic carbocycles. The molecule has 134 valence electrons. The minimum Gasteiger partial charge on any atom is -0.378 e. The summed E-state index contributed by atoms with van der Waals surface area (Å²) >= 11 is 1.27. The predicted molar refractivity (Wildman–Crippen MR) is 109 cm³/mol. The molecule has 26 heavy (non-hydrogen) atoms. The highest BCUT2D eigenvalue weighted by molar-refractivity contribution is 7.12. The summed E-state index contributed by atoms with van der Waals surface area (Å²) in [5, 5.41) is 21.9. The molecule has 2 N–H and O–H groups in total. The Morgan fingerprint density at radius 3 is 2.23 bits per heavy atom. The Balaban J connectivity index is 1.94. The maximum atomic E-state index is 8.44. The Morgan fingerprint density at radius 1 is 0.962 bits per heavy atom. The first-order chi connectivity index (χ1) is 12.4. The van der Waals surface area contributed by atoms with Gasteiger partial charge in [-0.1, -0.05) is 23.5 Å². The second-order valence-electron chi connectivity index (χ2n) is 6.36. The van der Waals surface area contributed by atoms with E-state index in [1.165, 1.54) is 16.0 Å². The third-order valence-electron chi connectivity index (χ3n) is 4.05. The molecule has 0 saturated carbocycles. The van der Waals surface area contributed by atoms with Crippen molar-refractivity contribution in [1.82, 2.24) is 9.78 Å². The summed E-state index contributed by atoms with van der Waals surface area (Å²) in [4.78, 5) is 4.27. The van der Waals surface area contributed by atoms with E-state index in [0.717, 1.165) is 27.5 Å². The van der Waals surface area contributed by atoms with E-state index in [1.54, 1.807) is 0 Å². The maximum absolute atomic E-state index is 8.44. The first-order valence-electron chi connectivity index (χ1n) is 8.16. The molecule has 1 heterocycles. The van der Waals surface area contributed by atoms with Gasteiger partial charge in [-0.15, -0.1) is 0 Å². The molecule has 3 rings (SSSR count). The number of anilines is 2. The normalized spacial score (nSPS) is 10.6. The van der Waals surface area contributed by atoms with Crippen molar-refractivity contribution >= 4 is 28.5 Å². The topological polar surface area (TPSA) is 72.0 Å². The van der Waals surface area contributed by atoms with E-state index in [1.807, 2.05) is 86.5 Å². The van der Waals surface area contributed by atoms with Gasteiger partial charge in [-0.2, -0.15) is 9.78 Å². The van der Waals surface area contributed by atoms with Crippen molar-refractivity contribution in [3.8, 4) is 10.6 Å². The minimum atomic E-state index is 0.201. The summed E-state index contributed by atoms with van der Waals surface area (Å²) < 4.78 is 1.38. The Kier molecular flexibility index (Phi) is 4.90. The van der Waals surface area contributed by atoms with Crippen LogP contribution < -0.4 is 14.6 Å². The molecule has 0 bridgehead atoms. The third kappa shape index (κ3) is 3.52. The lowest BCUT2D eigenvalue weighted by atomic mass is 10.2. The van der Waals surface area contributed by atoms with Crippen molar-refractivity contribution in [3.63, 3.8) is 0 Å². The molecule has 0 spiro atoms. The number of nitrogens with zero attached hydrogens (tertiary/aromatic N) is 4. The lowest BCUT2D eigenvalue weighted by Gasteiger charge is -2.13. The van der Waals surface area contributed by atoms with E-state index in [0.29, 0.717) is 0 Å². The van der Waals surface area contributed by atoms with Crippen LogP contribution in [0.3, 0.4) is 0 Å². The van der Waals surface area contributed by atoms with Crippen LogP contribution in [0.2, 0.25) is 0 Å². The van der Waals surface area contributed by atoms with Crippen molar-refractivity contribution in [2.45, 2.75) is 0 Å². The molecule has 2 aromatic carbocycles. The Hall–Kier alpha value is -2.93. The van der Waals surface area contributed by atoms with Gasteiger partial charge in [0.25, 0.3) is 0 Å². The molecule has 0 unspecified atom stereocenters. The van der Waals surface area contributed by atoms with Crippen LogP contribution in [0.1, 0.15) is 5.56 Å². The van der Waals surface area contributed by atoms with E-state index >= 15 is 0 Å². The molecule has 0 radical (unpaired) electrons. The predicted octanol–water partition coefficient (Wildman–Crippen LogP) is 3.10. The molecule has 3 aromatic rings. The van der Waals surface area contributed by atoms with Gasteiger partial charge in [0, 0.05) is 50.7 Å². The second kappa shape index (κ2) is 7.13. The first kappa shape index (κ1) is 17.9. The standard InChI is InChI=1S/C19H22N6S/c1-23(2)15-10-8-13(9-11-15)17(20)25-19(21)26-18(22-25)14-6-5-7-16(12-14)24(3)4/h5-12,20-21H,1-4H3. The van der Waals surface area contributed by atoms with Crippen molar-refractivity contribution in [3.05, 3.63) is 58.9 Å². The van der Waals surface area contributed by atoms with Gasteiger partial charge in [0.15, 0.2) is 5.84 Å². The van der Waals surface area contributed by atoms with Gasteiger partial charge in [0.05, 0.1) is 0 Å². The van der Waals surface area contributed by atoms with Crippen LogP contribution in [-0.2, 0) is 0 Å². The molecule has 7 heteroatoms. The summed E-state index contributed by atoms with van der Waals surface area (Å²) in [6.07, 6.45) is 0. The minimum absolute atomic E-state index is 0.201. The fraction of sp³-hybridized carbons (Fsp3) is 0.211. The summed E-state index contributed by atoms with van der Waals surface area (Å²) in [7, 11) is 7.94. The van der Waals surface area contributed by atoms with Crippen LogP contribution in [0.4, 0.5) is 11.4 Å². The fourth-order valence-corrected chi connectivity index (χ4v) is 3.29. The van der Waals surface area contributed by atoms with E-state index in [9.17, 15) is 0 Å². The van der Waals surface area contributed by atoms with Crippen molar-refractivity contribution in [2.24, 2.45) is 0 Å². The lowest BCUT2D eigenvalue weighted by molar-refractivity contribution is 0.866. The molecule has 6 nitrogen and oxygen atoms in total. The zero-order chi connectivity index (χ0) is 18.8. The van der Waals surface area contributed by atoms with Crippen molar-refractivity contribution in [1.29, 1.82) is 10.8 Å². The zero-order valence-electron chi connectivity index (χ0n) is 15.3. The molecule has 0 saturated heterocycles. The van der Waals surface area contributed by atoms with Crippen LogP contribution in [0.25, 0.3) is 10.6 Å². The maximum Gasteiger partial charge on any atom is 0.206 e. The smallest absolute Gasteiger partial charge is 0.206 e. The average Bonchev–Trinajstić information content (AvgIpc) is 3.03. The van der Waals surface area contributed by atoms with Crippen LogP contribution in [0.15, 0.2) is 48.5 Å². The highest BCUT2D eigenvalue weighted by Gasteiger charge is 2.12. The summed E-state index contributed by atoms with van der Waals surface area (Å²) in [6.45, 7) is 0. The van der Waals surface area contributed by atoms with E-state index < -0.39 is 0 Å². The molecular weight excluding hydrogens is 344 g/mol. The highest BCUT2D eigenvalue weighted by atomic mass is 32.1. The van der Waals surface area contributed by atoms with E-state index in [-0.39, 0.29) is 10.6 Å². The monoisotopic (exact) mass is 366 g/mol. The van der Waals surface area contributed by atoms with E-state index in [2.05, 4.69) is 5.10 Å². The molecular formula is C19H22N6S. The zero-order valence-corrected chi connectivity index (χ0v) is 16.1. The molecule has 0 amide bonds. The van der Waals surface area contributed by atoms with Gasteiger partial charge in [-0.3, -0.25) is 10.8 Å². The van der Waals surface area contributed by atoms with Gasteiger partial charge in [0.2, 0.25) is 4.80 Å². The molecule has 1 aromatic heterocycles. The lowest BCUT2D eigenvalue weighted by Crippen LogP contribution is -2.24. The largest absolute Gasteiger partial charge is 0.378 e. The van der Waals surface area contributed by atoms with E-state index in [4.69, 9.17) is 10.8 Å². The van der Waals surface area contributed by atoms with Crippen LogP contribution in [-0.4, -0.2) is 43.8 Å². The molecule has 0 fully saturated rings. The molecule has 0 atom stereocenters. The Morgan fingerprint density at radius 2 is 1.62 bits per heavy atom. The second-order valence-corrected chi connectivity index (χ2v) is 7.34. The van der Waals surface area contributed by atoms with Gasteiger partial charge in [-0.05, 0) is 36.4 Å². The number of benzene rings is 2. The van der Waals surface area contributed by atoms with Crippen molar-refractivity contribution < 1.29 is 0 Å². The summed E-state index contributed by atoms with van der Waals surface area (Å²) in [5.41, 5.74) is 3.82. The van der Waals surface area contributed by atoms with Crippen LogP contribution in [0, 0.1) is 10.8 Å². The Bertz CT molecular complexity index is 982. The van der Waals surface area contributed by atoms with Crippen LogP contribution in [0.5, 0.6) is 0 Å².